The van der Waals surface area contributed by atoms with Gasteiger partial charge in [-0.05, 0) is 27.2 Å². The molecule has 0 aliphatic rings. The van der Waals surface area contributed by atoms with Crippen molar-refractivity contribution in [2.24, 2.45) is 5.29 Å². The number of rotatable bonds is 8. The molecule has 0 aromatic carbocycles. The van der Waals surface area contributed by atoms with Gasteiger partial charge >= 0.3 is 0 Å². The molecular formula is C11H22N2O2. The highest BCUT2D eigenvalue weighted by Crippen LogP contribution is 2.20. The van der Waals surface area contributed by atoms with Crippen LogP contribution in [0.3, 0.4) is 0 Å². The molecule has 0 aliphatic carbocycles. The molecule has 0 atom stereocenters. The number of hydrogen-bond donors (Lipinski definition) is 0. The van der Waals surface area contributed by atoms with Crippen LogP contribution in [0.4, 0.5) is 0 Å². The van der Waals surface area contributed by atoms with Gasteiger partial charge in [0.25, 0.3) is 0 Å². The number of ketones is 1. The first-order valence-corrected chi connectivity index (χ1v) is 5.54. The highest BCUT2D eigenvalue weighted by Gasteiger charge is 2.27. The fourth-order valence-electron chi connectivity index (χ4n) is 1.67. The van der Waals surface area contributed by atoms with Gasteiger partial charge in [-0.25, -0.2) is 0 Å². The molecule has 0 heterocycles. The van der Waals surface area contributed by atoms with E-state index in [1.807, 2.05) is 13.8 Å². The van der Waals surface area contributed by atoms with Crippen molar-refractivity contribution >= 4 is 5.78 Å². The SMILES string of the molecule is CCCCCN(N=O)C(C)(C)CC(C)=O. The van der Waals surface area contributed by atoms with Crippen molar-refractivity contribution in [3.05, 3.63) is 4.91 Å². The summed E-state index contributed by atoms with van der Waals surface area (Å²) in [5, 5.41) is 4.51. The molecule has 0 unspecified atom stereocenters. The molecular weight excluding hydrogens is 192 g/mol. The number of Topliss-reactive ketones (excluding diaryl/α,β-unsaturated/α-hetero) is 1. The molecule has 0 aromatic heterocycles. The lowest BCUT2D eigenvalue weighted by atomic mass is 9.97. The standard InChI is InChI=1S/C11H22N2O2/c1-5-6-7-8-13(12-15)11(3,4)9-10(2)14/h5-9H2,1-4H3. The van der Waals surface area contributed by atoms with E-state index in [0.29, 0.717) is 13.0 Å². The maximum absolute atomic E-state index is 11.0. The number of unbranched alkanes of at least 4 members (excludes halogenated alkanes) is 2. The largest absolute Gasteiger partial charge is 0.300 e. The highest BCUT2D eigenvalue weighted by molar-refractivity contribution is 5.76. The summed E-state index contributed by atoms with van der Waals surface area (Å²) in [6.07, 6.45) is 3.51. The van der Waals surface area contributed by atoms with Crippen molar-refractivity contribution in [1.82, 2.24) is 5.01 Å². The minimum absolute atomic E-state index is 0.0872. The lowest BCUT2D eigenvalue weighted by Crippen LogP contribution is -2.42. The van der Waals surface area contributed by atoms with E-state index in [4.69, 9.17) is 0 Å². The quantitative estimate of drug-likeness (QED) is 0.354. The summed E-state index contributed by atoms with van der Waals surface area (Å²) in [5.74, 6) is 0.0872. The lowest BCUT2D eigenvalue weighted by Gasteiger charge is -2.32. The minimum atomic E-state index is -0.457. The Hall–Kier alpha value is -0.930. The Labute approximate surface area is 92.0 Å². The topological polar surface area (TPSA) is 49.7 Å². The number of carbonyl (C=O) groups is 1. The predicted molar refractivity (Wildman–Crippen MR) is 61.4 cm³/mol. The van der Waals surface area contributed by atoms with E-state index >= 15 is 0 Å². The van der Waals surface area contributed by atoms with Crippen LogP contribution in [0, 0.1) is 4.91 Å². The molecule has 15 heavy (non-hydrogen) atoms. The molecule has 0 rings (SSSR count). The second-order valence-corrected chi connectivity index (χ2v) is 4.60. The molecule has 0 spiro atoms. The average Bonchev–Trinajstić information content (AvgIpc) is 2.09. The molecule has 4 nitrogen and oxygen atoms in total. The van der Waals surface area contributed by atoms with Crippen LogP contribution >= 0.6 is 0 Å². The summed E-state index contributed by atoms with van der Waals surface area (Å²) in [6.45, 7) is 8.04. The van der Waals surface area contributed by atoms with E-state index in [9.17, 15) is 9.70 Å². The van der Waals surface area contributed by atoms with E-state index in [1.54, 1.807) is 0 Å². The molecule has 0 fully saturated rings. The molecule has 0 N–H and O–H groups in total. The Morgan fingerprint density at radius 2 is 1.93 bits per heavy atom. The fraction of sp³-hybridized carbons (Fsp3) is 0.909. The normalized spacial score (nSPS) is 11.2. The van der Waals surface area contributed by atoms with Crippen LogP contribution in [0.5, 0.6) is 0 Å². The van der Waals surface area contributed by atoms with Crippen LogP contribution < -0.4 is 0 Å². The highest BCUT2D eigenvalue weighted by atomic mass is 16.3. The first-order valence-electron chi connectivity index (χ1n) is 5.54. The summed E-state index contributed by atoms with van der Waals surface area (Å²) < 4.78 is 0. The minimum Gasteiger partial charge on any atom is -0.300 e. The number of carbonyl (C=O) groups excluding carboxylic acids is 1. The molecule has 0 bridgehead atoms. The van der Waals surface area contributed by atoms with E-state index in [1.165, 1.54) is 11.9 Å². The Morgan fingerprint density at radius 1 is 1.33 bits per heavy atom. The smallest absolute Gasteiger partial charge is 0.132 e. The second kappa shape index (κ2) is 6.53. The fourth-order valence-corrected chi connectivity index (χ4v) is 1.67. The zero-order valence-electron chi connectivity index (χ0n) is 10.2. The van der Waals surface area contributed by atoms with Gasteiger partial charge in [-0.2, -0.15) is 0 Å². The van der Waals surface area contributed by atoms with Gasteiger partial charge in [-0.1, -0.05) is 19.8 Å². The zero-order chi connectivity index (χ0) is 11.9. The third-order valence-corrected chi connectivity index (χ3v) is 2.45. The van der Waals surface area contributed by atoms with Gasteiger partial charge in [0.05, 0.1) is 10.8 Å². The number of nitroso groups, excluding NO2 is 1. The molecule has 4 heteroatoms. The van der Waals surface area contributed by atoms with Gasteiger partial charge in [0.1, 0.15) is 5.78 Å². The van der Waals surface area contributed by atoms with Gasteiger partial charge in [0.15, 0.2) is 0 Å². The van der Waals surface area contributed by atoms with E-state index < -0.39 is 5.54 Å². The Kier molecular flexibility index (Phi) is 6.13. The van der Waals surface area contributed by atoms with Crippen molar-refractivity contribution in [2.75, 3.05) is 6.54 Å². The zero-order valence-corrected chi connectivity index (χ0v) is 10.2. The van der Waals surface area contributed by atoms with Gasteiger partial charge < -0.3 is 0 Å². The van der Waals surface area contributed by atoms with Crippen molar-refractivity contribution in [2.45, 2.75) is 58.9 Å². The van der Waals surface area contributed by atoms with Crippen molar-refractivity contribution < 1.29 is 4.79 Å². The molecule has 0 radical (unpaired) electrons. The predicted octanol–water partition coefficient (Wildman–Crippen LogP) is 2.92. The average molecular weight is 214 g/mol. The van der Waals surface area contributed by atoms with Gasteiger partial charge in [-0.3, -0.25) is 9.80 Å². The first kappa shape index (κ1) is 14.1. The molecule has 0 aliphatic heterocycles. The lowest BCUT2D eigenvalue weighted by molar-refractivity contribution is -0.119. The van der Waals surface area contributed by atoms with Crippen molar-refractivity contribution in [1.29, 1.82) is 0 Å². The van der Waals surface area contributed by atoms with Gasteiger partial charge in [0, 0.05) is 13.0 Å². The van der Waals surface area contributed by atoms with Crippen LogP contribution in [0.25, 0.3) is 0 Å². The van der Waals surface area contributed by atoms with E-state index in [0.717, 1.165) is 19.3 Å². The Balaban J connectivity index is 4.23. The van der Waals surface area contributed by atoms with Crippen molar-refractivity contribution in [3.63, 3.8) is 0 Å². The summed E-state index contributed by atoms with van der Waals surface area (Å²) in [7, 11) is 0. The molecule has 0 aromatic rings. The van der Waals surface area contributed by atoms with Crippen LogP contribution in [0.15, 0.2) is 5.29 Å². The third kappa shape index (κ3) is 5.50. The van der Waals surface area contributed by atoms with E-state index in [-0.39, 0.29) is 5.78 Å². The summed E-state index contributed by atoms with van der Waals surface area (Å²) in [4.78, 5) is 21.7. The van der Waals surface area contributed by atoms with E-state index in [2.05, 4.69) is 12.2 Å². The molecule has 0 saturated carbocycles. The number of hydrogen-bond acceptors (Lipinski definition) is 3. The maximum Gasteiger partial charge on any atom is 0.132 e. The van der Waals surface area contributed by atoms with Crippen molar-refractivity contribution in [3.8, 4) is 0 Å². The van der Waals surface area contributed by atoms with Crippen LogP contribution in [0.2, 0.25) is 0 Å². The number of nitrogens with zero attached hydrogens (tertiary/aromatic N) is 2. The van der Waals surface area contributed by atoms with Crippen LogP contribution in [-0.2, 0) is 4.79 Å². The second-order valence-electron chi connectivity index (χ2n) is 4.60. The molecule has 0 saturated heterocycles. The van der Waals surface area contributed by atoms with Gasteiger partial charge in [0.2, 0.25) is 0 Å². The summed E-state index contributed by atoms with van der Waals surface area (Å²) >= 11 is 0. The Bertz CT molecular complexity index is 215. The van der Waals surface area contributed by atoms with Crippen LogP contribution in [0.1, 0.15) is 53.4 Å². The summed E-state index contributed by atoms with van der Waals surface area (Å²) in [6, 6.07) is 0. The molecule has 0 amide bonds. The van der Waals surface area contributed by atoms with Crippen LogP contribution in [-0.4, -0.2) is 22.9 Å². The maximum atomic E-state index is 11.0. The first-order chi connectivity index (χ1) is 6.94. The Morgan fingerprint density at radius 3 is 2.33 bits per heavy atom. The van der Waals surface area contributed by atoms with Gasteiger partial charge in [-0.15, -0.1) is 4.91 Å². The third-order valence-electron chi connectivity index (χ3n) is 2.45. The monoisotopic (exact) mass is 214 g/mol. The molecule has 88 valence electrons. The summed E-state index contributed by atoms with van der Waals surface area (Å²) in [5.41, 5.74) is -0.457.